The van der Waals surface area contributed by atoms with Gasteiger partial charge < -0.3 is 15.2 Å². The van der Waals surface area contributed by atoms with Gasteiger partial charge in [0.05, 0.1) is 13.2 Å². The molecule has 4 nitrogen and oxygen atoms in total. The smallest absolute Gasteiger partial charge is 0.119 e. The molecule has 0 aliphatic carbocycles. The molecule has 2 aromatic rings. The van der Waals surface area contributed by atoms with Crippen LogP contribution in [0.25, 0.3) is 0 Å². The fourth-order valence-electron chi connectivity index (χ4n) is 2.10. The Morgan fingerprint density at radius 3 is 2.35 bits per heavy atom. The number of hydrogen-bond acceptors (Lipinski definition) is 4. The lowest BCUT2D eigenvalue weighted by atomic mass is 9.95. The molecule has 0 bridgehead atoms. The molecular weight excluding hydrogens is 252 g/mol. The van der Waals surface area contributed by atoms with Crippen molar-refractivity contribution >= 4 is 5.69 Å². The molecule has 0 saturated carbocycles. The Labute approximate surface area is 119 Å². The van der Waals surface area contributed by atoms with E-state index in [1.807, 2.05) is 43.3 Å². The zero-order valence-corrected chi connectivity index (χ0v) is 11.8. The van der Waals surface area contributed by atoms with E-state index in [4.69, 9.17) is 4.74 Å². The van der Waals surface area contributed by atoms with Gasteiger partial charge in [-0.15, -0.1) is 0 Å². The van der Waals surface area contributed by atoms with Crippen molar-refractivity contribution < 1.29 is 9.84 Å². The van der Waals surface area contributed by atoms with Crippen molar-refractivity contribution in [1.29, 1.82) is 0 Å². The summed E-state index contributed by atoms with van der Waals surface area (Å²) < 4.78 is 5.15. The van der Waals surface area contributed by atoms with Gasteiger partial charge in [-0.25, -0.2) is 0 Å². The molecule has 0 aliphatic heterocycles. The number of pyridine rings is 1. The third-order valence-electron chi connectivity index (χ3n) is 3.33. The van der Waals surface area contributed by atoms with Crippen LogP contribution in [-0.4, -0.2) is 23.8 Å². The molecular formula is C16H20N2O2. The van der Waals surface area contributed by atoms with Crippen LogP contribution in [0.1, 0.15) is 18.5 Å². The summed E-state index contributed by atoms with van der Waals surface area (Å²) in [4.78, 5) is 4.04. The fourth-order valence-corrected chi connectivity index (χ4v) is 2.10. The van der Waals surface area contributed by atoms with Crippen molar-refractivity contribution in [3.05, 3.63) is 54.4 Å². The van der Waals surface area contributed by atoms with Crippen molar-refractivity contribution in [2.75, 3.05) is 19.0 Å². The first-order valence-corrected chi connectivity index (χ1v) is 6.66. The Balaban J connectivity index is 2.19. The number of anilines is 1. The minimum atomic E-state index is 0.0383. The summed E-state index contributed by atoms with van der Waals surface area (Å²) in [7, 11) is 1.65. The maximum Gasteiger partial charge on any atom is 0.119 e. The molecule has 1 aromatic heterocycles. The van der Waals surface area contributed by atoms with Crippen LogP contribution < -0.4 is 10.1 Å². The molecule has 1 aromatic carbocycles. The van der Waals surface area contributed by atoms with Crippen LogP contribution in [0.5, 0.6) is 5.75 Å². The monoisotopic (exact) mass is 272 g/mol. The molecule has 20 heavy (non-hydrogen) atoms. The average molecular weight is 272 g/mol. The van der Waals surface area contributed by atoms with Crippen LogP contribution in [0, 0.1) is 5.92 Å². The highest BCUT2D eigenvalue weighted by Crippen LogP contribution is 2.27. The van der Waals surface area contributed by atoms with Gasteiger partial charge in [0.25, 0.3) is 0 Å². The second-order valence-electron chi connectivity index (χ2n) is 4.79. The molecule has 4 heteroatoms. The molecule has 0 saturated heterocycles. The quantitative estimate of drug-likeness (QED) is 0.849. The molecule has 0 aliphatic rings. The molecule has 0 amide bonds. The van der Waals surface area contributed by atoms with Crippen molar-refractivity contribution in [3.8, 4) is 5.75 Å². The van der Waals surface area contributed by atoms with Crippen molar-refractivity contribution in [1.82, 2.24) is 4.98 Å². The van der Waals surface area contributed by atoms with Gasteiger partial charge >= 0.3 is 0 Å². The summed E-state index contributed by atoms with van der Waals surface area (Å²) in [6.07, 6.45) is 3.53. The normalized spacial score (nSPS) is 13.6. The number of nitrogens with one attached hydrogen (secondary N) is 1. The Bertz CT molecular complexity index is 514. The molecule has 0 fully saturated rings. The molecule has 0 unspecified atom stereocenters. The van der Waals surface area contributed by atoms with E-state index >= 15 is 0 Å². The lowest BCUT2D eigenvalue weighted by Gasteiger charge is -2.25. The summed E-state index contributed by atoms with van der Waals surface area (Å²) in [5, 5.41) is 12.9. The van der Waals surface area contributed by atoms with Gasteiger partial charge in [0.2, 0.25) is 0 Å². The predicted molar refractivity (Wildman–Crippen MR) is 79.8 cm³/mol. The number of methoxy groups -OCH3 is 1. The van der Waals surface area contributed by atoms with Gasteiger partial charge in [-0.05, 0) is 42.0 Å². The minimum Gasteiger partial charge on any atom is -0.497 e. The molecule has 2 N–H and O–H groups in total. The topological polar surface area (TPSA) is 54.4 Å². The average Bonchev–Trinajstić information content (AvgIpc) is 2.53. The number of aliphatic hydroxyl groups is 1. The first kappa shape index (κ1) is 14.3. The van der Waals surface area contributed by atoms with Crippen LogP contribution in [0.15, 0.2) is 48.8 Å². The van der Waals surface area contributed by atoms with Gasteiger partial charge in [0.1, 0.15) is 5.75 Å². The highest BCUT2D eigenvalue weighted by atomic mass is 16.5. The van der Waals surface area contributed by atoms with Gasteiger partial charge in [0, 0.05) is 30.6 Å². The summed E-state index contributed by atoms with van der Waals surface area (Å²) in [5.74, 6) is 0.922. The molecule has 1 heterocycles. The summed E-state index contributed by atoms with van der Waals surface area (Å²) in [5.41, 5.74) is 2.10. The number of aromatic nitrogens is 1. The fraction of sp³-hybridized carbons (Fsp3) is 0.312. The maximum absolute atomic E-state index is 9.45. The second-order valence-corrected chi connectivity index (χ2v) is 4.79. The van der Waals surface area contributed by atoms with Crippen molar-refractivity contribution in [3.63, 3.8) is 0 Å². The summed E-state index contributed by atoms with van der Waals surface area (Å²) in [6, 6.07) is 11.7. The number of hydrogen-bond donors (Lipinski definition) is 2. The number of benzene rings is 1. The van der Waals surface area contributed by atoms with Gasteiger partial charge in [-0.3, -0.25) is 4.98 Å². The Kier molecular flexibility index (Phi) is 4.96. The Hall–Kier alpha value is -2.07. The summed E-state index contributed by atoms with van der Waals surface area (Å²) in [6.45, 7) is 2.14. The Morgan fingerprint density at radius 1 is 1.15 bits per heavy atom. The standard InChI is InChI=1S/C16H20N2O2/c1-12(11-19)16(13-7-9-17-10-8-13)18-14-3-5-15(20-2)6-4-14/h3-10,12,16,18-19H,11H2,1-2H3/t12-,16+/m1/s1. The summed E-state index contributed by atoms with van der Waals surface area (Å²) >= 11 is 0. The third kappa shape index (κ3) is 3.48. The minimum absolute atomic E-state index is 0.0383. The zero-order valence-electron chi connectivity index (χ0n) is 11.8. The number of rotatable bonds is 6. The van der Waals surface area contributed by atoms with E-state index in [0.717, 1.165) is 17.0 Å². The van der Waals surface area contributed by atoms with Gasteiger partial charge in [-0.2, -0.15) is 0 Å². The number of nitrogens with zero attached hydrogens (tertiary/aromatic N) is 1. The van der Waals surface area contributed by atoms with Gasteiger partial charge in [0.15, 0.2) is 0 Å². The highest BCUT2D eigenvalue weighted by Gasteiger charge is 2.18. The SMILES string of the molecule is COc1ccc(N[C@H](c2ccncc2)[C@H](C)CO)cc1. The number of ether oxygens (including phenoxy) is 1. The number of aliphatic hydroxyl groups excluding tert-OH is 1. The van der Waals surface area contributed by atoms with E-state index in [2.05, 4.69) is 10.3 Å². The first-order valence-electron chi connectivity index (χ1n) is 6.66. The molecule has 2 atom stereocenters. The van der Waals surface area contributed by atoms with E-state index < -0.39 is 0 Å². The second kappa shape index (κ2) is 6.91. The maximum atomic E-state index is 9.45. The van der Waals surface area contributed by atoms with E-state index in [1.54, 1.807) is 19.5 Å². The highest BCUT2D eigenvalue weighted by molar-refractivity contribution is 5.48. The van der Waals surface area contributed by atoms with Crippen LogP contribution in [0.3, 0.4) is 0 Å². The lowest BCUT2D eigenvalue weighted by Crippen LogP contribution is -2.21. The van der Waals surface area contributed by atoms with E-state index in [9.17, 15) is 5.11 Å². The van der Waals surface area contributed by atoms with Gasteiger partial charge in [-0.1, -0.05) is 6.92 Å². The first-order chi connectivity index (χ1) is 9.74. The van der Waals surface area contributed by atoms with E-state index in [0.29, 0.717) is 0 Å². The van der Waals surface area contributed by atoms with Crippen LogP contribution >= 0.6 is 0 Å². The van der Waals surface area contributed by atoms with Crippen molar-refractivity contribution in [2.45, 2.75) is 13.0 Å². The van der Waals surface area contributed by atoms with E-state index in [-0.39, 0.29) is 18.6 Å². The third-order valence-corrected chi connectivity index (χ3v) is 3.33. The van der Waals surface area contributed by atoms with Crippen LogP contribution in [-0.2, 0) is 0 Å². The largest absolute Gasteiger partial charge is 0.497 e. The molecule has 0 radical (unpaired) electrons. The molecule has 0 spiro atoms. The predicted octanol–water partition coefficient (Wildman–Crippen LogP) is 2.87. The van der Waals surface area contributed by atoms with Crippen LogP contribution in [0.2, 0.25) is 0 Å². The Morgan fingerprint density at radius 2 is 1.80 bits per heavy atom. The van der Waals surface area contributed by atoms with E-state index in [1.165, 1.54) is 0 Å². The molecule has 2 rings (SSSR count). The lowest BCUT2D eigenvalue weighted by molar-refractivity contribution is 0.222. The van der Waals surface area contributed by atoms with Crippen molar-refractivity contribution in [2.24, 2.45) is 5.92 Å². The molecule has 106 valence electrons. The van der Waals surface area contributed by atoms with Crippen LogP contribution in [0.4, 0.5) is 5.69 Å². The zero-order chi connectivity index (χ0) is 14.4.